The van der Waals surface area contributed by atoms with Crippen LogP contribution in [0.2, 0.25) is 0 Å². The Morgan fingerprint density at radius 1 is 1.09 bits per heavy atom. The second-order valence-electron chi connectivity index (χ2n) is 4.48. The molecular weight excluding hydrogens is 309 g/mol. The van der Waals surface area contributed by atoms with Gasteiger partial charge in [-0.2, -0.15) is 0 Å². The number of benzene rings is 1. The van der Waals surface area contributed by atoms with Gasteiger partial charge in [-0.15, -0.1) is 9.35 Å². The molecule has 0 aromatic heterocycles. The average Bonchev–Trinajstić information content (AvgIpc) is 2.52. The van der Waals surface area contributed by atoms with Crippen molar-refractivity contribution in [2.24, 2.45) is 0 Å². The molecule has 1 N–H and O–H groups in total. The molecule has 1 rings (SSSR count). The fourth-order valence-electron chi connectivity index (χ4n) is 1.75. The Kier molecular flexibility index (Phi) is 9.50. The molecule has 0 fully saturated rings. The highest BCUT2D eigenvalue weighted by Gasteiger charge is 2.31. The summed E-state index contributed by atoms with van der Waals surface area (Å²) in [5.41, 5.74) is 1.02. The molecule has 0 aliphatic carbocycles. The summed E-state index contributed by atoms with van der Waals surface area (Å²) < 4.78 is 22.3. The van der Waals surface area contributed by atoms with Crippen LogP contribution in [0.1, 0.15) is 19.4 Å². The van der Waals surface area contributed by atoms with Crippen LogP contribution < -0.4 is 0 Å². The maximum Gasteiger partial charge on any atom is 0.398 e. The van der Waals surface area contributed by atoms with Gasteiger partial charge in [-0.05, 0) is 19.4 Å². The van der Waals surface area contributed by atoms with Gasteiger partial charge in [-0.25, -0.2) is 9.78 Å². The summed E-state index contributed by atoms with van der Waals surface area (Å²) in [5.74, 6) is 0. The van der Waals surface area contributed by atoms with Crippen LogP contribution in [0, 0.1) is 0 Å². The van der Waals surface area contributed by atoms with Crippen molar-refractivity contribution in [1.82, 2.24) is 4.90 Å². The molecule has 126 valence electrons. The van der Waals surface area contributed by atoms with E-state index in [2.05, 4.69) is 0 Å². The molecule has 0 aliphatic rings. The molecule has 22 heavy (non-hydrogen) atoms. The largest absolute Gasteiger partial charge is 0.398 e. The quantitative estimate of drug-likeness (QED) is 0.358. The molecule has 1 aromatic rings. The van der Waals surface area contributed by atoms with Crippen molar-refractivity contribution in [1.29, 1.82) is 0 Å². The number of hydrogen-bond donors (Lipinski definition) is 1. The Morgan fingerprint density at radius 3 is 2.18 bits per heavy atom. The molecule has 0 saturated carbocycles. The van der Waals surface area contributed by atoms with Crippen molar-refractivity contribution in [2.75, 3.05) is 32.7 Å². The van der Waals surface area contributed by atoms with Gasteiger partial charge in [0.1, 0.15) is 6.29 Å². The van der Waals surface area contributed by atoms with Crippen LogP contribution in [0.3, 0.4) is 0 Å². The van der Waals surface area contributed by atoms with E-state index in [9.17, 15) is 9.67 Å². The molecule has 0 heterocycles. The van der Waals surface area contributed by atoms with Crippen LogP contribution >= 0.6 is 7.60 Å². The third kappa shape index (κ3) is 7.47. The van der Waals surface area contributed by atoms with Crippen LogP contribution in [0.4, 0.5) is 0 Å². The maximum absolute atomic E-state index is 12.6. The van der Waals surface area contributed by atoms with Gasteiger partial charge in [0.2, 0.25) is 0 Å². The first kappa shape index (κ1) is 19.3. The van der Waals surface area contributed by atoms with E-state index in [-0.39, 0.29) is 26.1 Å². The summed E-state index contributed by atoms with van der Waals surface area (Å²) in [7, 11) is -3.60. The zero-order valence-electron chi connectivity index (χ0n) is 13.0. The molecule has 0 bridgehead atoms. The van der Waals surface area contributed by atoms with E-state index in [1.54, 1.807) is 18.7 Å². The first-order chi connectivity index (χ1) is 10.6. The number of rotatable bonds is 12. The van der Waals surface area contributed by atoms with Crippen LogP contribution in [0.25, 0.3) is 0 Å². The fraction of sp³-hybridized carbons (Fsp3) is 0.571. The minimum Gasteiger partial charge on any atom is -0.395 e. The predicted octanol–water partition coefficient (Wildman–Crippen LogP) is 2.57. The van der Waals surface area contributed by atoms with Gasteiger partial charge in [0.25, 0.3) is 0 Å². The Balaban J connectivity index is 2.72. The van der Waals surface area contributed by atoms with Gasteiger partial charge < -0.3 is 5.11 Å². The molecule has 0 radical (unpaired) electrons. The lowest BCUT2D eigenvalue weighted by Crippen LogP contribution is -2.28. The Hall–Kier alpha value is -0.790. The first-order valence-corrected chi connectivity index (χ1v) is 8.95. The van der Waals surface area contributed by atoms with Gasteiger partial charge >= 0.3 is 7.60 Å². The molecule has 0 amide bonds. The van der Waals surface area contributed by atoms with Gasteiger partial charge in [0, 0.05) is 13.1 Å². The van der Waals surface area contributed by atoms with Crippen LogP contribution in [0.5, 0.6) is 0 Å². The van der Waals surface area contributed by atoms with Gasteiger partial charge in [-0.3, -0.25) is 9.46 Å². The van der Waals surface area contributed by atoms with E-state index in [1.807, 2.05) is 30.3 Å². The van der Waals surface area contributed by atoms with Crippen molar-refractivity contribution in [3.63, 3.8) is 0 Å². The van der Waals surface area contributed by atoms with E-state index >= 15 is 0 Å². The van der Waals surface area contributed by atoms with Crippen molar-refractivity contribution in [3.05, 3.63) is 35.9 Å². The van der Waals surface area contributed by atoms with Gasteiger partial charge in [-0.1, -0.05) is 30.3 Å². The highest BCUT2D eigenvalue weighted by molar-refractivity contribution is 7.53. The highest BCUT2D eigenvalue weighted by atomic mass is 31.2. The first-order valence-electron chi connectivity index (χ1n) is 7.22. The lowest BCUT2D eigenvalue weighted by atomic mass is 10.2. The minimum absolute atomic E-state index is 0.0531. The number of nitrogens with zero attached hydrogens (tertiary/aromatic N) is 1. The summed E-state index contributed by atoms with van der Waals surface area (Å²) >= 11 is 0. The molecule has 0 saturated heterocycles. The van der Waals surface area contributed by atoms with Crippen LogP contribution in [-0.4, -0.2) is 42.7 Å². The van der Waals surface area contributed by atoms with Crippen LogP contribution in [-0.2, 0) is 30.2 Å². The molecule has 8 heteroatoms. The third-order valence-electron chi connectivity index (χ3n) is 2.61. The molecule has 7 nitrogen and oxygen atoms in total. The van der Waals surface area contributed by atoms with Crippen molar-refractivity contribution in [2.45, 2.75) is 20.4 Å². The predicted molar refractivity (Wildman–Crippen MR) is 81.8 cm³/mol. The summed E-state index contributed by atoms with van der Waals surface area (Å²) in [6.07, 6.45) is -0.0531. The number of aliphatic hydroxyl groups is 1. The maximum atomic E-state index is 12.6. The topological polar surface area (TPSA) is 77.5 Å². The van der Waals surface area contributed by atoms with E-state index in [0.29, 0.717) is 13.1 Å². The molecule has 0 unspecified atom stereocenters. The van der Waals surface area contributed by atoms with Crippen molar-refractivity contribution in [3.8, 4) is 0 Å². The molecule has 0 atom stereocenters. The van der Waals surface area contributed by atoms with E-state index in [0.717, 1.165) is 5.56 Å². The standard InChI is InChI=1S/C14H24NO6P/c1-3-18-20-22(17,21-19-4-2)13-15(10-11-16)12-14-8-6-5-7-9-14/h5-9,16H,3-4,10-13H2,1-2H3. The smallest absolute Gasteiger partial charge is 0.395 e. The summed E-state index contributed by atoms with van der Waals surface area (Å²) in [4.78, 5) is 11.3. The third-order valence-corrected chi connectivity index (χ3v) is 4.02. The Labute approximate surface area is 131 Å². The summed E-state index contributed by atoms with van der Waals surface area (Å²) in [5, 5.41) is 9.19. The normalized spacial score (nSPS) is 12.0. The lowest BCUT2D eigenvalue weighted by molar-refractivity contribution is -0.264. The molecular formula is C14H24NO6P. The highest BCUT2D eigenvalue weighted by Crippen LogP contribution is 2.49. The fourth-order valence-corrected chi connectivity index (χ4v) is 3.14. The van der Waals surface area contributed by atoms with Crippen molar-refractivity contribution < 1.29 is 28.8 Å². The second kappa shape index (κ2) is 10.9. The zero-order valence-corrected chi connectivity index (χ0v) is 13.9. The van der Waals surface area contributed by atoms with Gasteiger partial charge in [0.15, 0.2) is 0 Å². The zero-order chi connectivity index (χ0) is 16.3. The molecule has 1 aromatic carbocycles. The molecule has 0 aliphatic heterocycles. The second-order valence-corrected chi connectivity index (χ2v) is 6.28. The Morgan fingerprint density at radius 2 is 1.68 bits per heavy atom. The number of aliphatic hydroxyl groups excluding tert-OH is 1. The summed E-state index contributed by atoms with van der Waals surface area (Å²) in [6.45, 7) is 4.63. The van der Waals surface area contributed by atoms with Gasteiger partial charge in [0.05, 0.1) is 19.8 Å². The summed E-state index contributed by atoms with van der Waals surface area (Å²) in [6, 6.07) is 9.64. The van der Waals surface area contributed by atoms with E-state index < -0.39 is 7.60 Å². The van der Waals surface area contributed by atoms with E-state index in [1.165, 1.54) is 0 Å². The van der Waals surface area contributed by atoms with E-state index in [4.69, 9.17) is 19.1 Å². The van der Waals surface area contributed by atoms with Crippen LogP contribution in [0.15, 0.2) is 30.3 Å². The number of hydrogen-bond acceptors (Lipinski definition) is 7. The van der Waals surface area contributed by atoms with Crippen molar-refractivity contribution >= 4 is 7.60 Å². The average molecular weight is 333 g/mol. The lowest BCUT2D eigenvalue weighted by Gasteiger charge is -2.25. The Bertz CT molecular complexity index is 432. The minimum atomic E-state index is -3.60. The molecule has 0 spiro atoms. The SMILES string of the molecule is CCOOP(=O)(CN(CCO)Cc1ccccc1)OOCC. The monoisotopic (exact) mass is 333 g/mol.